The van der Waals surface area contributed by atoms with E-state index in [1.54, 1.807) is 10.7 Å². The van der Waals surface area contributed by atoms with Crippen LogP contribution in [0.3, 0.4) is 0 Å². The van der Waals surface area contributed by atoms with Crippen molar-refractivity contribution in [2.24, 2.45) is 0 Å². The number of hydrogen-bond donors (Lipinski definition) is 1. The third-order valence-electron chi connectivity index (χ3n) is 2.99. The van der Waals surface area contributed by atoms with E-state index in [0.29, 0.717) is 29.7 Å². The number of morpholine rings is 1. The molecule has 2 aromatic rings. The van der Waals surface area contributed by atoms with Gasteiger partial charge in [0.05, 0.1) is 31.7 Å². The summed E-state index contributed by atoms with van der Waals surface area (Å²) < 4.78 is 7.05. The molecule has 1 aliphatic rings. The van der Waals surface area contributed by atoms with Gasteiger partial charge in [-0.25, -0.2) is 9.50 Å². The van der Waals surface area contributed by atoms with Crippen LogP contribution in [0.5, 0.6) is 0 Å². The summed E-state index contributed by atoms with van der Waals surface area (Å²) in [6, 6.07) is 0. The lowest BCUT2D eigenvalue weighted by molar-refractivity contribution is 0.122. The zero-order valence-electron chi connectivity index (χ0n) is 10.6. The Morgan fingerprint density at radius 2 is 2.16 bits per heavy atom. The third kappa shape index (κ3) is 2.38. The number of ether oxygens (including phenoxy) is 1. The summed E-state index contributed by atoms with van der Waals surface area (Å²) in [6.07, 6.45) is 3.68. The fourth-order valence-corrected chi connectivity index (χ4v) is 2.40. The normalized spacial score (nSPS) is 16.2. The quantitative estimate of drug-likeness (QED) is 0.804. The van der Waals surface area contributed by atoms with Crippen molar-refractivity contribution in [2.45, 2.75) is 11.8 Å². The highest BCUT2D eigenvalue weighted by Crippen LogP contribution is 2.22. The Morgan fingerprint density at radius 1 is 1.37 bits per heavy atom. The molecule has 3 heterocycles. The lowest BCUT2D eigenvalue weighted by Gasteiger charge is -2.27. The van der Waals surface area contributed by atoms with Crippen LogP contribution in [0.4, 0.5) is 5.82 Å². The van der Waals surface area contributed by atoms with Crippen molar-refractivity contribution < 1.29 is 9.84 Å². The largest absolute Gasteiger partial charge is 0.390 e. The van der Waals surface area contributed by atoms with Crippen LogP contribution >= 0.6 is 11.8 Å². The third-order valence-corrected chi connectivity index (χ3v) is 3.53. The van der Waals surface area contributed by atoms with Crippen molar-refractivity contribution in [2.75, 3.05) is 37.5 Å². The predicted molar refractivity (Wildman–Crippen MR) is 71.5 cm³/mol. The topological polar surface area (TPSA) is 75.8 Å². The van der Waals surface area contributed by atoms with E-state index in [1.807, 2.05) is 6.26 Å². The van der Waals surface area contributed by atoms with Crippen molar-refractivity contribution in [3.63, 3.8) is 0 Å². The van der Waals surface area contributed by atoms with E-state index < -0.39 is 0 Å². The van der Waals surface area contributed by atoms with Gasteiger partial charge in [0, 0.05) is 13.1 Å². The molecule has 19 heavy (non-hydrogen) atoms. The van der Waals surface area contributed by atoms with Gasteiger partial charge in [0.25, 0.3) is 0 Å². The summed E-state index contributed by atoms with van der Waals surface area (Å²) in [5.74, 6) is 0.808. The van der Waals surface area contributed by atoms with Gasteiger partial charge < -0.3 is 14.7 Å². The fourth-order valence-electron chi connectivity index (χ4n) is 2.05. The van der Waals surface area contributed by atoms with Crippen molar-refractivity contribution in [3.8, 4) is 0 Å². The van der Waals surface area contributed by atoms with E-state index in [2.05, 4.69) is 20.0 Å². The molecule has 0 amide bonds. The molecule has 7 nitrogen and oxygen atoms in total. The average Bonchev–Trinajstić information content (AvgIpc) is 2.90. The maximum atomic E-state index is 9.20. The van der Waals surface area contributed by atoms with Crippen LogP contribution in [0.2, 0.25) is 0 Å². The summed E-state index contributed by atoms with van der Waals surface area (Å²) in [7, 11) is 0. The number of anilines is 1. The second-order valence-electron chi connectivity index (χ2n) is 4.18. The molecular weight excluding hydrogens is 266 g/mol. The fraction of sp³-hybridized carbons (Fsp3) is 0.545. The predicted octanol–water partition coefficient (Wildman–Crippen LogP) is 0.175. The first-order valence-electron chi connectivity index (χ1n) is 6.05. The van der Waals surface area contributed by atoms with Crippen LogP contribution < -0.4 is 4.90 Å². The summed E-state index contributed by atoms with van der Waals surface area (Å²) in [5, 5.41) is 14.2. The monoisotopic (exact) mass is 281 g/mol. The van der Waals surface area contributed by atoms with Gasteiger partial charge in [-0.15, -0.1) is 5.10 Å². The van der Waals surface area contributed by atoms with E-state index in [-0.39, 0.29) is 6.61 Å². The first kappa shape index (κ1) is 12.6. The van der Waals surface area contributed by atoms with Crippen LogP contribution in [0.15, 0.2) is 11.4 Å². The Hall–Kier alpha value is -1.38. The van der Waals surface area contributed by atoms with Gasteiger partial charge in [0.1, 0.15) is 0 Å². The van der Waals surface area contributed by atoms with E-state index in [9.17, 15) is 5.11 Å². The highest BCUT2D eigenvalue weighted by Gasteiger charge is 2.19. The van der Waals surface area contributed by atoms with Crippen LogP contribution in [0.1, 0.15) is 5.69 Å². The van der Waals surface area contributed by atoms with Gasteiger partial charge in [-0.1, -0.05) is 11.8 Å². The smallest absolute Gasteiger partial charge is 0.209 e. The van der Waals surface area contributed by atoms with E-state index >= 15 is 0 Å². The standard InChI is InChI=1S/C11H15N5O2S/c1-19-11-13-9(15-2-4-18-5-3-15)10-12-8(7-17)6-16(10)14-11/h6,17H,2-5,7H2,1H3. The minimum Gasteiger partial charge on any atom is -0.390 e. The molecule has 0 atom stereocenters. The van der Waals surface area contributed by atoms with Gasteiger partial charge in [-0.2, -0.15) is 4.98 Å². The maximum Gasteiger partial charge on any atom is 0.209 e. The Kier molecular flexibility index (Phi) is 3.54. The molecule has 102 valence electrons. The molecule has 8 heteroatoms. The molecule has 0 unspecified atom stereocenters. The zero-order chi connectivity index (χ0) is 13.2. The SMILES string of the molecule is CSc1nc(N2CCOCC2)c2nc(CO)cn2n1. The lowest BCUT2D eigenvalue weighted by atomic mass is 10.4. The number of nitrogens with zero attached hydrogens (tertiary/aromatic N) is 5. The van der Waals surface area contributed by atoms with Gasteiger partial charge in [0.15, 0.2) is 11.5 Å². The highest BCUT2D eigenvalue weighted by molar-refractivity contribution is 7.98. The van der Waals surface area contributed by atoms with Crippen LogP contribution in [0, 0.1) is 0 Å². The first-order valence-corrected chi connectivity index (χ1v) is 7.28. The average molecular weight is 281 g/mol. The molecule has 0 spiro atoms. The van der Waals surface area contributed by atoms with E-state index in [4.69, 9.17) is 4.74 Å². The van der Waals surface area contributed by atoms with Gasteiger partial charge in [0.2, 0.25) is 5.16 Å². The van der Waals surface area contributed by atoms with Crippen LogP contribution in [0.25, 0.3) is 5.65 Å². The molecular formula is C11H15N5O2S. The molecule has 3 rings (SSSR count). The molecule has 0 radical (unpaired) electrons. The molecule has 1 N–H and O–H groups in total. The molecule has 0 bridgehead atoms. The number of aliphatic hydroxyl groups is 1. The molecule has 0 aliphatic carbocycles. The minimum atomic E-state index is -0.0967. The highest BCUT2D eigenvalue weighted by atomic mass is 32.2. The molecule has 1 fully saturated rings. The van der Waals surface area contributed by atoms with Crippen molar-refractivity contribution in [3.05, 3.63) is 11.9 Å². The molecule has 1 aliphatic heterocycles. The Balaban J connectivity index is 2.11. The summed E-state index contributed by atoms with van der Waals surface area (Å²) in [4.78, 5) is 11.1. The number of aromatic nitrogens is 4. The number of hydrogen-bond acceptors (Lipinski definition) is 7. The minimum absolute atomic E-state index is 0.0967. The number of rotatable bonds is 3. The van der Waals surface area contributed by atoms with Crippen molar-refractivity contribution in [1.82, 2.24) is 19.6 Å². The van der Waals surface area contributed by atoms with Crippen molar-refractivity contribution >= 4 is 23.2 Å². The van der Waals surface area contributed by atoms with Crippen molar-refractivity contribution in [1.29, 1.82) is 0 Å². The number of thioether (sulfide) groups is 1. The second kappa shape index (κ2) is 5.32. The van der Waals surface area contributed by atoms with Gasteiger partial charge >= 0.3 is 0 Å². The zero-order valence-corrected chi connectivity index (χ0v) is 11.4. The Morgan fingerprint density at radius 3 is 2.84 bits per heavy atom. The Labute approximate surface area is 114 Å². The van der Waals surface area contributed by atoms with E-state index in [0.717, 1.165) is 18.9 Å². The Bertz CT molecular complexity index is 582. The van der Waals surface area contributed by atoms with Crippen LogP contribution in [-0.4, -0.2) is 57.2 Å². The molecule has 0 saturated carbocycles. The maximum absolute atomic E-state index is 9.20. The lowest BCUT2D eigenvalue weighted by Crippen LogP contribution is -2.37. The number of fused-ring (bicyclic) bond motifs is 1. The van der Waals surface area contributed by atoms with Gasteiger partial charge in [-0.3, -0.25) is 0 Å². The first-order chi connectivity index (χ1) is 9.31. The molecule has 1 saturated heterocycles. The molecule has 0 aromatic carbocycles. The molecule has 2 aromatic heterocycles. The van der Waals surface area contributed by atoms with E-state index in [1.165, 1.54) is 11.8 Å². The number of aliphatic hydroxyl groups excluding tert-OH is 1. The van der Waals surface area contributed by atoms with Crippen LogP contribution in [-0.2, 0) is 11.3 Å². The number of imidazole rings is 1. The summed E-state index contributed by atoms with van der Waals surface area (Å²) in [5.41, 5.74) is 1.28. The second-order valence-corrected chi connectivity index (χ2v) is 4.95. The van der Waals surface area contributed by atoms with Gasteiger partial charge in [-0.05, 0) is 6.26 Å². The summed E-state index contributed by atoms with van der Waals surface area (Å²) in [6.45, 7) is 2.88. The summed E-state index contributed by atoms with van der Waals surface area (Å²) >= 11 is 1.49.